The fourth-order valence-corrected chi connectivity index (χ4v) is 2.93. The average molecular weight is 375 g/mol. The second-order valence-electron chi connectivity index (χ2n) is 6.30. The van der Waals surface area contributed by atoms with Crippen molar-refractivity contribution in [3.8, 4) is 6.07 Å². The normalized spacial score (nSPS) is 15.5. The molecule has 0 saturated heterocycles. The van der Waals surface area contributed by atoms with Gasteiger partial charge in [-0.3, -0.25) is 4.79 Å². The lowest BCUT2D eigenvalue weighted by atomic mass is 10.1. The van der Waals surface area contributed by atoms with Gasteiger partial charge in [0.15, 0.2) is 5.60 Å². The van der Waals surface area contributed by atoms with E-state index in [-0.39, 0.29) is 17.4 Å². The third-order valence-electron chi connectivity index (χ3n) is 4.04. The molecular weight excluding hydrogens is 359 g/mol. The molecule has 1 aliphatic heterocycles. The molecule has 0 fully saturated rings. The van der Waals surface area contributed by atoms with E-state index in [4.69, 9.17) is 16.9 Å². The third-order valence-corrected chi connectivity index (χ3v) is 4.36. The van der Waals surface area contributed by atoms with Crippen molar-refractivity contribution in [2.24, 2.45) is 0 Å². The van der Waals surface area contributed by atoms with E-state index in [0.717, 1.165) is 11.3 Å². The van der Waals surface area contributed by atoms with Crippen LogP contribution in [0.15, 0.2) is 36.4 Å². The topological polar surface area (TPSA) is 88.4 Å². The SMILES string of the molecule is C[C@](O)(CN1Cc2cc(F)ccc2N1)C(=O)Nc1ccc(C#N)c(Cl)c1. The van der Waals surface area contributed by atoms with Crippen LogP contribution in [-0.4, -0.2) is 28.2 Å². The summed E-state index contributed by atoms with van der Waals surface area (Å²) in [5, 5.41) is 23.9. The molecule has 1 atom stereocenters. The molecule has 3 rings (SSSR count). The molecule has 3 N–H and O–H groups in total. The number of nitrogens with zero attached hydrogens (tertiary/aromatic N) is 2. The van der Waals surface area contributed by atoms with Crippen LogP contribution in [0.1, 0.15) is 18.1 Å². The Bertz CT molecular complexity index is 911. The van der Waals surface area contributed by atoms with E-state index in [1.165, 1.54) is 37.3 Å². The molecular formula is C18H16ClFN4O2. The van der Waals surface area contributed by atoms with Gasteiger partial charge in [-0.1, -0.05) is 11.6 Å². The number of β-amino-alcohol motifs (C(OH)–C–C–N with tert-alkyl or cyclic N) is 1. The van der Waals surface area contributed by atoms with E-state index in [2.05, 4.69) is 10.7 Å². The summed E-state index contributed by atoms with van der Waals surface area (Å²) in [7, 11) is 0. The number of hydrazine groups is 1. The number of aliphatic hydroxyl groups is 1. The van der Waals surface area contributed by atoms with Gasteiger partial charge in [-0.05, 0) is 48.9 Å². The van der Waals surface area contributed by atoms with Gasteiger partial charge in [0, 0.05) is 12.2 Å². The number of rotatable bonds is 4. The molecule has 0 unspecified atom stereocenters. The molecule has 1 heterocycles. The van der Waals surface area contributed by atoms with Gasteiger partial charge >= 0.3 is 0 Å². The molecule has 6 nitrogen and oxygen atoms in total. The van der Waals surface area contributed by atoms with Crippen molar-refractivity contribution in [3.63, 3.8) is 0 Å². The quantitative estimate of drug-likeness (QED) is 0.765. The molecule has 0 aromatic heterocycles. The number of carbonyl (C=O) groups excluding carboxylic acids is 1. The first-order valence-electron chi connectivity index (χ1n) is 7.82. The standard InChI is InChI=1S/C18H16ClFN4O2/c1-18(26,10-24-9-12-6-13(20)3-5-16(12)23-24)17(25)22-14-4-2-11(8-21)15(19)7-14/h2-7,23,26H,9-10H2,1H3,(H,22,25)/t18-/m0/s1. The van der Waals surface area contributed by atoms with E-state index in [9.17, 15) is 14.3 Å². The van der Waals surface area contributed by atoms with Crippen LogP contribution in [0, 0.1) is 17.1 Å². The van der Waals surface area contributed by atoms with Crippen molar-refractivity contribution in [2.45, 2.75) is 19.1 Å². The molecule has 2 aromatic carbocycles. The molecule has 2 aromatic rings. The predicted octanol–water partition coefficient (Wildman–Crippen LogP) is 2.88. The van der Waals surface area contributed by atoms with Crippen molar-refractivity contribution in [1.29, 1.82) is 5.26 Å². The molecule has 1 amide bonds. The first-order valence-corrected chi connectivity index (χ1v) is 8.20. The summed E-state index contributed by atoms with van der Waals surface area (Å²) >= 11 is 5.94. The Morgan fingerprint density at radius 2 is 2.23 bits per heavy atom. The summed E-state index contributed by atoms with van der Waals surface area (Å²) in [5.41, 5.74) is 3.47. The number of carbonyl (C=O) groups is 1. The number of fused-ring (bicyclic) bond motifs is 1. The molecule has 0 aliphatic carbocycles. The maximum atomic E-state index is 13.3. The highest BCUT2D eigenvalue weighted by Crippen LogP contribution is 2.27. The van der Waals surface area contributed by atoms with Gasteiger partial charge in [-0.2, -0.15) is 5.26 Å². The van der Waals surface area contributed by atoms with Crippen molar-refractivity contribution in [3.05, 3.63) is 58.4 Å². The summed E-state index contributed by atoms with van der Waals surface area (Å²) in [6.45, 7) is 1.73. The number of nitrogens with one attached hydrogen (secondary N) is 2. The molecule has 134 valence electrons. The first-order chi connectivity index (χ1) is 12.3. The van der Waals surface area contributed by atoms with Crippen LogP contribution in [0.25, 0.3) is 0 Å². The number of nitriles is 1. The minimum absolute atomic E-state index is 0.0147. The van der Waals surface area contributed by atoms with Crippen molar-refractivity contribution < 1.29 is 14.3 Å². The lowest BCUT2D eigenvalue weighted by Crippen LogP contribution is -2.49. The maximum Gasteiger partial charge on any atom is 0.257 e. The molecule has 0 bridgehead atoms. The average Bonchev–Trinajstić information content (AvgIpc) is 2.95. The second-order valence-corrected chi connectivity index (χ2v) is 6.71. The Morgan fingerprint density at radius 1 is 1.46 bits per heavy atom. The zero-order chi connectivity index (χ0) is 18.9. The summed E-state index contributed by atoms with van der Waals surface area (Å²) in [6.07, 6.45) is 0. The molecule has 8 heteroatoms. The van der Waals surface area contributed by atoms with Crippen molar-refractivity contribution >= 4 is 28.9 Å². The first kappa shape index (κ1) is 18.1. The Kier molecular flexibility index (Phi) is 4.83. The fraction of sp³-hybridized carbons (Fsp3) is 0.222. The summed E-state index contributed by atoms with van der Waals surface area (Å²) in [6, 6.07) is 10.8. The van der Waals surface area contributed by atoms with Gasteiger partial charge in [0.1, 0.15) is 11.9 Å². The van der Waals surface area contributed by atoms with Gasteiger partial charge in [0.25, 0.3) is 5.91 Å². The highest BCUT2D eigenvalue weighted by Gasteiger charge is 2.35. The molecule has 26 heavy (non-hydrogen) atoms. The van der Waals surface area contributed by atoms with Crippen molar-refractivity contribution in [2.75, 3.05) is 17.3 Å². The molecule has 0 spiro atoms. The van der Waals surface area contributed by atoms with E-state index in [1.54, 1.807) is 11.1 Å². The van der Waals surface area contributed by atoms with Crippen LogP contribution in [0.2, 0.25) is 5.02 Å². The molecule has 1 aliphatic rings. The summed E-state index contributed by atoms with van der Waals surface area (Å²) in [5.74, 6) is -0.961. The second kappa shape index (κ2) is 6.92. The monoisotopic (exact) mass is 374 g/mol. The lowest BCUT2D eigenvalue weighted by Gasteiger charge is -2.27. The van der Waals surface area contributed by atoms with Crippen molar-refractivity contribution in [1.82, 2.24) is 5.01 Å². The van der Waals surface area contributed by atoms with E-state index in [0.29, 0.717) is 17.8 Å². The third kappa shape index (κ3) is 3.78. The Labute approximate surface area is 154 Å². The van der Waals surface area contributed by atoms with Crippen LogP contribution < -0.4 is 10.7 Å². The van der Waals surface area contributed by atoms with Crippen LogP contribution in [0.3, 0.4) is 0 Å². The van der Waals surface area contributed by atoms with E-state index in [1.807, 2.05) is 6.07 Å². The number of amides is 1. The number of hydrogen-bond acceptors (Lipinski definition) is 5. The number of hydrogen-bond donors (Lipinski definition) is 3. The Morgan fingerprint density at radius 3 is 2.92 bits per heavy atom. The van der Waals surface area contributed by atoms with Gasteiger partial charge in [-0.15, -0.1) is 0 Å². The summed E-state index contributed by atoms with van der Waals surface area (Å²) < 4.78 is 13.3. The predicted molar refractivity (Wildman–Crippen MR) is 95.9 cm³/mol. The zero-order valence-electron chi connectivity index (χ0n) is 13.9. The van der Waals surface area contributed by atoms with E-state index >= 15 is 0 Å². The maximum absolute atomic E-state index is 13.3. The fourth-order valence-electron chi connectivity index (χ4n) is 2.71. The van der Waals surface area contributed by atoms with Gasteiger partial charge in [-0.25, -0.2) is 9.40 Å². The Balaban J connectivity index is 1.66. The van der Waals surface area contributed by atoms with Crippen LogP contribution in [-0.2, 0) is 11.3 Å². The largest absolute Gasteiger partial charge is 0.379 e. The minimum atomic E-state index is -1.71. The number of benzene rings is 2. The van der Waals surface area contributed by atoms with Gasteiger partial charge in [0.05, 0.1) is 22.8 Å². The van der Waals surface area contributed by atoms with Crippen LogP contribution >= 0.6 is 11.6 Å². The Hall–Kier alpha value is -2.66. The lowest BCUT2D eigenvalue weighted by molar-refractivity contribution is -0.133. The zero-order valence-corrected chi connectivity index (χ0v) is 14.6. The van der Waals surface area contributed by atoms with E-state index < -0.39 is 11.5 Å². The van der Waals surface area contributed by atoms with Gasteiger partial charge in [0.2, 0.25) is 0 Å². The minimum Gasteiger partial charge on any atom is -0.379 e. The number of anilines is 2. The number of halogens is 2. The highest BCUT2D eigenvalue weighted by atomic mass is 35.5. The smallest absolute Gasteiger partial charge is 0.257 e. The van der Waals surface area contributed by atoms with Crippen LogP contribution in [0.4, 0.5) is 15.8 Å². The highest BCUT2D eigenvalue weighted by molar-refractivity contribution is 6.32. The molecule has 0 radical (unpaired) electrons. The van der Waals surface area contributed by atoms with Crippen LogP contribution in [0.5, 0.6) is 0 Å². The van der Waals surface area contributed by atoms with Gasteiger partial charge < -0.3 is 15.8 Å². The molecule has 0 saturated carbocycles. The summed E-state index contributed by atoms with van der Waals surface area (Å²) in [4.78, 5) is 12.4.